The quantitative estimate of drug-likeness (QED) is 0.764. The van der Waals surface area contributed by atoms with E-state index in [1.165, 1.54) is 12.1 Å². The molecule has 3 N–H and O–H groups in total. The molecular formula is C14H15F3N4O2S. The van der Waals surface area contributed by atoms with Crippen molar-refractivity contribution in [1.82, 2.24) is 4.98 Å². The van der Waals surface area contributed by atoms with E-state index in [0.717, 1.165) is 18.2 Å². The van der Waals surface area contributed by atoms with Crippen LogP contribution < -0.4 is 15.4 Å². The van der Waals surface area contributed by atoms with Crippen molar-refractivity contribution in [2.75, 3.05) is 29.5 Å². The van der Waals surface area contributed by atoms with Crippen molar-refractivity contribution in [3.63, 3.8) is 0 Å². The molecular weight excluding hydrogens is 345 g/mol. The number of alkyl halides is 3. The fourth-order valence-corrected chi connectivity index (χ4v) is 2.99. The molecule has 2 rings (SSSR count). The monoisotopic (exact) mass is 360 g/mol. The molecule has 1 heterocycles. The lowest BCUT2D eigenvalue weighted by Crippen LogP contribution is -2.15. The molecule has 10 heteroatoms. The summed E-state index contributed by atoms with van der Waals surface area (Å²) < 4.78 is 65.1. The van der Waals surface area contributed by atoms with Crippen LogP contribution in [-0.4, -0.2) is 27.5 Å². The summed E-state index contributed by atoms with van der Waals surface area (Å²) in [6.45, 7) is 0. The van der Waals surface area contributed by atoms with Crippen molar-refractivity contribution in [3.8, 4) is 0 Å². The second kappa shape index (κ2) is 6.56. The highest BCUT2D eigenvalue weighted by Gasteiger charge is 2.31. The molecule has 0 radical (unpaired) electrons. The van der Waals surface area contributed by atoms with Gasteiger partial charge in [0.1, 0.15) is 11.6 Å². The van der Waals surface area contributed by atoms with E-state index in [2.05, 4.69) is 20.3 Å². The highest BCUT2D eigenvalue weighted by atomic mass is 32.2. The Morgan fingerprint density at radius 1 is 1.00 bits per heavy atom. The van der Waals surface area contributed by atoms with Gasteiger partial charge < -0.3 is 10.6 Å². The van der Waals surface area contributed by atoms with Gasteiger partial charge in [0.05, 0.1) is 16.1 Å². The predicted octanol–water partition coefficient (Wildman–Crippen LogP) is 2.98. The van der Waals surface area contributed by atoms with Gasteiger partial charge in [-0.15, -0.1) is 0 Å². The number of hydrogen-bond donors (Lipinski definition) is 3. The maximum Gasteiger partial charge on any atom is 0.416 e. The smallest absolute Gasteiger partial charge is 0.373 e. The third-order valence-electron chi connectivity index (χ3n) is 3.06. The Balaban J connectivity index is 2.39. The third kappa shape index (κ3) is 4.07. The summed E-state index contributed by atoms with van der Waals surface area (Å²) in [5, 5.41) is 5.52. The zero-order valence-electron chi connectivity index (χ0n) is 12.8. The first kappa shape index (κ1) is 17.9. The topological polar surface area (TPSA) is 83.1 Å². The first-order valence-corrected chi connectivity index (χ1v) is 8.21. The van der Waals surface area contributed by atoms with Crippen molar-refractivity contribution >= 4 is 27.3 Å². The van der Waals surface area contributed by atoms with Gasteiger partial charge in [-0.2, -0.15) is 13.2 Å². The second-order valence-electron chi connectivity index (χ2n) is 4.76. The molecule has 2 aromatic rings. The Labute approximate surface area is 137 Å². The van der Waals surface area contributed by atoms with Crippen molar-refractivity contribution in [3.05, 3.63) is 42.0 Å². The first-order chi connectivity index (χ1) is 11.2. The molecule has 0 aliphatic rings. The van der Waals surface area contributed by atoms with Crippen LogP contribution in [0.5, 0.6) is 0 Å². The lowest BCUT2D eigenvalue weighted by atomic mass is 10.2. The van der Waals surface area contributed by atoms with Crippen LogP contribution >= 0.6 is 0 Å². The molecule has 24 heavy (non-hydrogen) atoms. The highest BCUT2D eigenvalue weighted by molar-refractivity contribution is 7.92. The van der Waals surface area contributed by atoms with E-state index < -0.39 is 26.7 Å². The summed E-state index contributed by atoms with van der Waals surface area (Å²) >= 11 is 0. The molecule has 130 valence electrons. The van der Waals surface area contributed by atoms with E-state index in [9.17, 15) is 21.6 Å². The molecule has 0 aliphatic carbocycles. The Morgan fingerprint density at radius 2 is 1.58 bits per heavy atom. The maximum absolute atomic E-state index is 12.7. The minimum atomic E-state index is -4.62. The Hall–Kier alpha value is -2.49. The van der Waals surface area contributed by atoms with Gasteiger partial charge in [-0.25, -0.2) is 13.4 Å². The summed E-state index contributed by atoms with van der Waals surface area (Å²) in [7, 11) is -0.971. The second-order valence-corrected chi connectivity index (χ2v) is 6.44. The van der Waals surface area contributed by atoms with E-state index in [1.807, 2.05) is 0 Å². The fourth-order valence-electron chi connectivity index (χ4n) is 1.90. The molecule has 0 atom stereocenters. The van der Waals surface area contributed by atoms with Crippen LogP contribution in [0, 0.1) is 0 Å². The summed E-state index contributed by atoms with van der Waals surface area (Å²) in [6, 6.07) is 6.38. The van der Waals surface area contributed by atoms with E-state index in [1.54, 1.807) is 14.1 Å². The Morgan fingerprint density at radius 3 is 2.08 bits per heavy atom. The molecule has 0 spiro atoms. The van der Waals surface area contributed by atoms with Crippen LogP contribution in [-0.2, 0) is 16.2 Å². The molecule has 0 fully saturated rings. The van der Waals surface area contributed by atoms with E-state index in [4.69, 9.17) is 0 Å². The number of aromatic nitrogens is 1. The molecule has 1 aromatic heterocycles. The largest absolute Gasteiger partial charge is 0.416 e. The van der Waals surface area contributed by atoms with Gasteiger partial charge in [0.2, 0.25) is 0 Å². The third-order valence-corrected chi connectivity index (χ3v) is 4.44. The molecule has 0 aliphatic heterocycles. The van der Waals surface area contributed by atoms with Crippen molar-refractivity contribution in [2.24, 2.45) is 0 Å². The van der Waals surface area contributed by atoms with Gasteiger partial charge in [-0.3, -0.25) is 4.72 Å². The fraction of sp³-hybridized carbons (Fsp3) is 0.214. The van der Waals surface area contributed by atoms with Crippen LogP contribution in [0.25, 0.3) is 0 Å². The first-order valence-electron chi connectivity index (χ1n) is 6.73. The van der Waals surface area contributed by atoms with E-state index >= 15 is 0 Å². The lowest BCUT2D eigenvalue weighted by Gasteiger charge is -2.13. The number of nitrogens with one attached hydrogen (secondary N) is 3. The Bertz CT molecular complexity index is 816. The average molecular weight is 360 g/mol. The minimum Gasteiger partial charge on any atom is -0.373 e. The number of halogens is 3. The number of nitrogens with zero attached hydrogens (tertiary/aromatic N) is 1. The number of benzene rings is 1. The number of hydrogen-bond acceptors (Lipinski definition) is 5. The van der Waals surface area contributed by atoms with Gasteiger partial charge in [0.15, 0.2) is 0 Å². The van der Waals surface area contributed by atoms with Crippen molar-refractivity contribution in [1.29, 1.82) is 0 Å². The number of rotatable bonds is 5. The molecule has 0 bridgehead atoms. The molecule has 0 unspecified atom stereocenters. The maximum atomic E-state index is 12.7. The summed E-state index contributed by atoms with van der Waals surface area (Å²) in [5.41, 5.74) is -0.872. The van der Waals surface area contributed by atoms with Crippen LogP contribution in [0.1, 0.15) is 5.56 Å². The predicted molar refractivity (Wildman–Crippen MR) is 85.6 cm³/mol. The van der Waals surface area contributed by atoms with Crippen molar-refractivity contribution < 1.29 is 21.6 Å². The van der Waals surface area contributed by atoms with E-state index in [0.29, 0.717) is 17.7 Å². The molecule has 1 aromatic carbocycles. The zero-order chi connectivity index (χ0) is 18.0. The van der Waals surface area contributed by atoms with Gasteiger partial charge in [-0.05, 0) is 18.2 Å². The van der Waals surface area contributed by atoms with Crippen LogP contribution in [0.2, 0.25) is 0 Å². The SMILES string of the molecule is CNc1cc(NS(=O)(=O)c2cccc(C(F)(F)F)c2)cc(NC)n1. The standard InChI is InChI=1S/C14H15F3N4O2S/c1-18-12-7-10(8-13(19-2)20-12)21-24(22,23)11-5-3-4-9(6-11)14(15,16)17/h3-8H,1-2H3,(H3,18,19,20,21). The summed E-state index contributed by atoms with van der Waals surface area (Å²) in [6.07, 6.45) is -4.62. The Kier molecular flexibility index (Phi) is 4.88. The number of anilines is 3. The van der Waals surface area contributed by atoms with Crippen molar-refractivity contribution in [2.45, 2.75) is 11.1 Å². The number of sulfonamides is 1. The molecule has 0 amide bonds. The zero-order valence-corrected chi connectivity index (χ0v) is 13.6. The molecule has 0 saturated heterocycles. The van der Waals surface area contributed by atoms with Crippen LogP contribution in [0.4, 0.5) is 30.5 Å². The summed E-state index contributed by atoms with van der Waals surface area (Å²) in [5.74, 6) is 0.784. The molecule has 6 nitrogen and oxygen atoms in total. The van der Waals surface area contributed by atoms with Crippen LogP contribution in [0.15, 0.2) is 41.3 Å². The minimum absolute atomic E-state index is 0.163. The normalized spacial score (nSPS) is 11.9. The van der Waals surface area contributed by atoms with Gasteiger partial charge in [0, 0.05) is 26.2 Å². The van der Waals surface area contributed by atoms with Gasteiger partial charge in [-0.1, -0.05) is 6.07 Å². The van der Waals surface area contributed by atoms with Gasteiger partial charge >= 0.3 is 6.18 Å². The summed E-state index contributed by atoms with van der Waals surface area (Å²) in [4.78, 5) is 3.63. The highest BCUT2D eigenvalue weighted by Crippen LogP contribution is 2.31. The molecule has 0 saturated carbocycles. The van der Waals surface area contributed by atoms with Crippen LogP contribution in [0.3, 0.4) is 0 Å². The van der Waals surface area contributed by atoms with E-state index in [-0.39, 0.29) is 5.69 Å². The number of pyridine rings is 1. The van der Waals surface area contributed by atoms with Gasteiger partial charge in [0.25, 0.3) is 10.0 Å². The lowest BCUT2D eigenvalue weighted by molar-refractivity contribution is -0.137. The average Bonchev–Trinajstić information content (AvgIpc) is 2.53.